The Kier molecular flexibility index (Phi) is 6.58. The molecule has 1 amide bonds. The number of H-pyrrole nitrogens is 1. The number of nitrogens with one attached hydrogen (secondary N) is 2. The van der Waals surface area contributed by atoms with E-state index in [4.69, 9.17) is 9.47 Å². The molecule has 0 spiro atoms. The molecule has 4 rings (SSSR count). The Morgan fingerprint density at radius 1 is 1.37 bits per heavy atom. The minimum Gasteiger partial charge on any atom is -0.493 e. The lowest BCUT2D eigenvalue weighted by molar-refractivity contribution is -0.120. The van der Waals surface area contributed by atoms with Crippen LogP contribution in [-0.4, -0.2) is 47.0 Å². The van der Waals surface area contributed by atoms with Crippen molar-refractivity contribution in [1.82, 2.24) is 15.3 Å². The normalized spacial score (nSPS) is 21.9. The van der Waals surface area contributed by atoms with Crippen molar-refractivity contribution in [3.05, 3.63) is 34.1 Å². The van der Waals surface area contributed by atoms with Gasteiger partial charge in [0.25, 0.3) is 5.56 Å². The lowest BCUT2D eigenvalue weighted by Crippen LogP contribution is -2.44. The number of ether oxygens (including phenoxy) is 2. The number of amides is 1. The molecule has 1 aliphatic carbocycles. The first kappa shape index (κ1) is 21.1. The number of hydrogen-bond acceptors (Lipinski definition) is 6. The standard InChI is InChI=1S/C21H26FN3O4S/c1-12(26)23-14-6-16(7-14)30-11-19-24-18-9-15(8-17(22)20(18)21(27)25-19)29-10-13-2-4-28-5-3-13/h8-9,13-14,16H,2-7,10-11H2,1H3,(H,23,26)(H,24,25,27). The van der Waals surface area contributed by atoms with Gasteiger partial charge < -0.3 is 19.8 Å². The number of fused-ring (bicyclic) bond motifs is 1. The van der Waals surface area contributed by atoms with Crippen molar-refractivity contribution < 1.29 is 18.7 Å². The third kappa shape index (κ3) is 5.13. The van der Waals surface area contributed by atoms with Gasteiger partial charge in [-0.1, -0.05) is 0 Å². The van der Waals surface area contributed by atoms with Gasteiger partial charge >= 0.3 is 0 Å². The number of halogens is 1. The Balaban J connectivity index is 1.41. The van der Waals surface area contributed by atoms with Crippen molar-refractivity contribution >= 4 is 28.6 Å². The minimum atomic E-state index is -0.625. The maximum absolute atomic E-state index is 14.5. The van der Waals surface area contributed by atoms with Gasteiger partial charge in [-0.25, -0.2) is 9.37 Å². The van der Waals surface area contributed by atoms with Gasteiger partial charge in [-0.2, -0.15) is 11.8 Å². The van der Waals surface area contributed by atoms with Gasteiger partial charge in [-0.15, -0.1) is 0 Å². The van der Waals surface area contributed by atoms with E-state index < -0.39 is 11.4 Å². The molecular formula is C21H26FN3O4S. The molecule has 9 heteroatoms. The highest BCUT2D eigenvalue weighted by Gasteiger charge is 2.30. The van der Waals surface area contributed by atoms with E-state index in [1.54, 1.807) is 17.8 Å². The van der Waals surface area contributed by atoms with Crippen molar-refractivity contribution in [1.29, 1.82) is 0 Å². The first-order chi connectivity index (χ1) is 14.5. The van der Waals surface area contributed by atoms with Gasteiger partial charge in [0.1, 0.15) is 22.8 Å². The van der Waals surface area contributed by atoms with Crippen LogP contribution >= 0.6 is 11.8 Å². The van der Waals surface area contributed by atoms with Crippen LogP contribution in [0.1, 0.15) is 38.4 Å². The summed E-state index contributed by atoms with van der Waals surface area (Å²) in [5.41, 5.74) is -0.171. The van der Waals surface area contributed by atoms with Crippen LogP contribution in [0.25, 0.3) is 10.9 Å². The van der Waals surface area contributed by atoms with Crippen LogP contribution in [0, 0.1) is 11.7 Å². The molecule has 0 bridgehead atoms. The van der Waals surface area contributed by atoms with Gasteiger partial charge in [0, 0.05) is 43.6 Å². The summed E-state index contributed by atoms with van der Waals surface area (Å²) in [7, 11) is 0. The zero-order chi connectivity index (χ0) is 21.1. The van der Waals surface area contributed by atoms with Gasteiger partial charge in [-0.3, -0.25) is 9.59 Å². The van der Waals surface area contributed by atoms with Crippen molar-refractivity contribution in [3.63, 3.8) is 0 Å². The number of benzene rings is 1. The number of hydrogen-bond donors (Lipinski definition) is 2. The van der Waals surface area contributed by atoms with Crippen molar-refractivity contribution in [2.75, 3.05) is 19.8 Å². The molecule has 2 N–H and O–H groups in total. The third-order valence-corrected chi connectivity index (χ3v) is 6.86. The van der Waals surface area contributed by atoms with Gasteiger partial charge in [0.05, 0.1) is 17.9 Å². The minimum absolute atomic E-state index is 0.0131. The lowest BCUT2D eigenvalue weighted by Gasteiger charge is -2.35. The topological polar surface area (TPSA) is 93.3 Å². The summed E-state index contributed by atoms with van der Waals surface area (Å²) in [6.07, 6.45) is 3.67. The van der Waals surface area contributed by atoms with E-state index in [9.17, 15) is 14.0 Å². The summed E-state index contributed by atoms with van der Waals surface area (Å²) >= 11 is 1.68. The SMILES string of the molecule is CC(=O)NC1CC(SCc2nc3cc(OCC4CCOCC4)cc(F)c3c(=O)[nH]2)C1. The highest BCUT2D eigenvalue weighted by molar-refractivity contribution is 7.99. The van der Waals surface area contributed by atoms with Crippen molar-refractivity contribution in [2.45, 2.75) is 49.7 Å². The molecule has 1 saturated heterocycles. The van der Waals surface area contributed by atoms with E-state index in [0.717, 1.165) is 38.9 Å². The predicted molar refractivity (Wildman–Crippen MR) is 113 cm³/mol. The fourth-order valence-electron chi connectivity index (χ4n) is 3.83. The van der Waals surface area contributed by atoms with E-state index in [2.05, 4.69) is 15.3 Å². The highest BCUT2D eigenvalue weighted by atomic mass is 32.2. The molecule has 30 heavy (non-hydrogen) atoms. The van der Waals surface area contributed by atoms with Crippen LogP contribution in [-0.2, 0) is 15.3 Å². The number of carbonyl (C=O) groups is 1. The molecule has 1 aliphatic heterocycles. The molecular weight excluding hydrogens is 409 g/mol. The molecule has 2 aromatic rings. The predicted octanol–water partition coefficient (Wildman–Crippen LogP) is 2.77. The summed E-state index contributed by atoms with van der Waals surface area (Å²) in [4.78, 5) is 30.6. The molecule has 162 valence electrons. The van der Waals surface area contributed by atoms with Gasteiger partial charge in [-0.05, 0) is 31.6 Å². The fraction of sp³-hybridized carbons (Fsp3) is 0.571. The number of rotatable bonds is 7. The second-order valence-corrected chi connectivity index (χ2v) is 9.27. The molecule has 2 heterocycles. The summed E-state index contributed by atoms with van der Waals surface area (Å²) in [6, 6.07) is 3.12. The first-order valence-corrected chi connectivity index (χ1v) is 11.3. The van der Waals surface area contributed by atoms with Crippen LogP contribution in [0.3, 0.4) is 0 Å². The average molecular weight is 436 g/mol. The van der Waals surface area contributed by atoms with Gasteiger partial charge in [0.15, 0.2) is 0 Å². The Morgan fingerprint density at radius 2 is 2.13 bits per heavy atom. The molecule has 0 atom stereocenters. The van der Waals surface area contributed by atoms with Crippen LogP contribution in [0.5, 0.6) is 5.75 Å². The summed E-state index contributed by atoms with van der Waals surface area (Å²) in [5.74, 6) is 1.18. The summed E-state index contributed by atoms with van der Waals surface area (Å²) in [5, 5.41) is 3.27. The van der Waals surface area contributed by atoms with Crippen molar-refractivity contribution in [3.8, 4) is 5.75 Å². The third-order valence-electron chi connectivity index (χ3n) is 5.57. The number of aromatic nitrogens is 2. The van der Waals surface area contributed by atoms with E-state index in [1.807, 2.05) is 0 Å². The summed E-state index contributed by atoms with van der Waals surface area (Å²) in [6.45, 7) is 3.47. The maximum Gasteiger partial charge on any atom is 0.261 e. The second kappa shape index (κ2) is 9.34. The monoisotopic (exact) mass is 435 g/mol. The molecule has 0 unspecified atom stereocenters. The molecule has 2 aliphatic rings. The molecule has 7 nitrogen and oxygen atoms in total. The van der Waals surface area contributed by atoms with Crippen LogP contribution in [0.4, 0.5) is 4.39 Å². The molecule has 0 radical (unpaired) electrons. The first-order valence-electron chi connectivity index (χ1n) is 10.3. The Morgan fingerprint density at radius 3 is 2.87 bits per heavy atom. The second-order valence-electron chi connectivity index (χ2n) is 7.98. The Labute approximate surface area is 178 Å². The van der Waals surface area contributed by atoms with E-state index >= 15 is 0 Å². The van der Waals surface area contributed by atoms with E-state index in [1.165, 1.54) is 13.0 Å². The smallest absolute Gasteiger partial charge is 0.261 e. The van der Waals surface area contributed by atoms with Crippen LogP contribution < -0.4 is 15.6 Å². The van der Waals surface area contributed by atoms with Gasteiger partial charge in [0.2, 0.25) is 5.91 Å². The average Bonchev–Trinajstić information content (AvgIpc) is 2.68. The molecule has 1 saturated carbocycles. The van der Waals surface area contributed by atoms with Crippen LogP contribution in [0.2, 0.25) is 0 Å². The Bertz CT molecular complexity index is 971. The fourth-order valence-corrected chi connectivity index (χ4v) is 5.10. The summed E-state index contributed by atoms with van der Waals surface area (Å²) < 4.78 is 25.7. The number of aromatic amines is 1. The zero-order valence-corrected chi connectivity index (χ0v) is 17.7. The zero-order valence-electron chi connectivity index (χ0n) is 16.9. The molecule has 1 aromatic heterocycles. The maximum atomic E-state index is 14.5. The molecule has 2 fully saturated rings. The number of thioether (sulfide) groups is 1. The Hall–Kier alpha value is -2.13. The highest BCUT2D eigenvalue weighted by Crippen LogP contribution is 2.33. The molecule has 1 aromatic carbocycles. The largest absolute Gasteiger partial charge is 0.493 e. The van der Waals surface area contributed by atoms with Crippen molar-refractivity contribution in [2.24, 2.45) is 5.92 Å². The van der Waals surface area contributed by atoms with Crippen LogP contribution in [0.15, 0.2) is 16.9 Å². The number of nitrogens with zero attached hydrogens (tertiary/aromatic N) is 1. The van der Waals surface area contributed by atoms with E-state index in [-0.39, 0.29) is 17.3 Å². The quantitative estimate of drug-likeness (QED) is 0.695. The van der Waals surface area contributed by atoms with E-state index in [0.29, 0.717) is 40.6 Å². The lowest BCUT2D eigenvalue weighted by atomic mass is 9.92. The number of carbonyl (C=O) groups excluding carboxylic acids is 1.